The van der Waals surface area contributed by atoms with Crippen LogP contribution in [0.1, 0.15) is 1.43 Å². The van der Waals surface area contributed by atoms with Crippen molar-refractivity contribution in [3.63, 3.8) is 0 Å². The van der Waals surface area contributed by atoms with Gasteiger partial charge in [0.25, 0.3) is 0 Å². The minimum atomic E-state index is 0. The average molecular weight is 322 g/mol. The Labute approximate surface area is 156 Å². The third-order valence-corrected chi connectivity index (χ3v) is 0. The van der Waals surface area contributed by atoms with Crippen molar-refractivity contribution >= 4 is 0 Å². The van der Waals surface area contributed by atoms with Crippen LogP contribution in [0.3, 0.4) is 0 Å². The first-order chi connectivity index (χ1) is 6.00. The molecule has 0 aromatic carbocycles. The molecule has 6 nitrogen and oxygen atoms in total. The van der Waals surface area contributed by atoms with Crippen molar-refractivity contribution in [1.29, 1.82) is 31.6 Å². The number of rotatable bonds is 0. The van der Waals surface area contributed by atoms with Crippen molar-refractivity contribution in [1.82, 2.24) is 0 Å². The van der Waals surface area contributed by atoms with Crippen molar-refractivity contribution < 1.29 is 86.9 Å². The Bertz CT molecular complexity index is 108. The van der Waals surface area contributed by atoms with Gasteiger partial charge in [0.2, 0.25) is 0 Å². The fraction of sp³-hybridized carbons (Fsp3) is 0. The minimum Gasteiger partial charge on any atom is -1.00 e. The molecule has 0 aromatic rings. The summed E-state index contributed by atoms with van der Waals surface area (Å²) < 4.78 is 0. The summed E-state index contributed by atoms with van der Waals surface area (Å²) in [6, 6.07) is 0. The van der Waals surface area contributed by atoms with Gasteiger partial charge in [-0.2, -0.15) is 0 Å². The molecule has 15 heavy (non-hydrogen) atoms. The number of hydrogen-bond acceptors (Lipinski definition) is 6. The summed E-state index contributed by atoms with van der Waals surface area (Å²) in [5.74, 6) is 0. The number of nitriles is 6. The quantitative estimate of drug-likeness (QED) is 0.470. The summed E-state index contributed by atoms with van der Waals surface area (Å²) in [6.07, 6.45) is 0. The molecule has 0 fully saturated rings. The maximum absolute atomic E-state index is 6.50. The molecule has 0 aliphatic carbocycles. The van der Waals surface area contributed by atoms with Crippen molar-refractivity contribution in [3.05, 3.63) is 0 Å². The van der Waals surface area contributed by atoms with Crippen LogP contribution in [-0.2, 0) is 34.1 Å². The maximum Gasteiger partial charge on any atom is 1.00 e. The first-order valence-corrected chi connectivity index (χ1v) is 1.55. The Morgan fingerprint density at radius 3 is 0.467 bits per heavy atom. The second-order valence-electron chi connectivity index (χ2n) is 0. The van der Waals surface area contributed by atoms with Gasteiger partial charge in [0.15, 0.2) is 0 Å². The van der Waals surface area contributed by atoms with Gasteiger partial charge in [0, 0.05) is 73.6 Å². The van der Waals surface area contributed by atoms with E-state index in [-0.39, 0.29) is 86.9 Å². The molecule has 0 atom stereocenters. The van der Waals surface area contributed by atoms with Crippen LogP contribution < -0.4 is 51.4 Å². The van der Waals surface area contributed by atoms with Crippen molar-refractivity contribution in [2.75, 3.05) is 0 Å². The second kappa shape index (κ2) is 14600. The predicted molar refractivity (Wildman–Crippen MR) is 41.1 cm³/mol. The van der Waals surface area contributed by atoms with E-state index in [4.69, 9.17) is 31.6 Å². The molecular weight excluding hydrogens is 315 g/mol. The van der Waals surface area contributed by atoms with E-state index in [1.807, 2.05) is 0 Å². The third kappa shape index (κ3) is 12400. The van der Waals surface area contributed by atoms with Crippen LogP contribution in [0.5, 0.6) is 0 Å². The van der Waals surface area contributed by atoms with Gasteiger partial charge < -0.3 is 1.43 Å². The summed E-state index contributed by atoms with van der Waals surface area (Å²) in [4.78, 5) is 0. The topological polar surface area (TPSA) is 143 Å². The molecule has 0 saturated carbocycles. The Morgan fingerprint density at radius 2 is 0.467 bits per heavy atom. The Hall–Kier alpha value is -0.385. The fourth-order valence-corrected chi connectivity index (χ4v) is 0. The van der Waals surface area contributed by atoms with Crippen LogP contribution >= 0.6 is 0 Å². The molecule has 0 aliphatic heterocycles. The monoisotopic (exact) mass is 321 g/mol. The van der Waals surface area contributed by atoms with Crippen molar-refractivity contribution in [2.45, 2.75) is 0 Å². The van der Waals surface area contributed by atoms with E-state index in [0.29, 0.717) is 0 Å². The number of nitrogens with zero attached hydrogens (tertiary/aromatic N) is 6. The summed E-state index contributed by atoms with van der Waals surface area (Å²) in [5, 5.41) is 39.0. The standard InChI is InChI=1S/6CHN.Cu.Fe.K.H/c6*1-2;;;;/h6*1H;;;;/q;;;;;;;;+1;-1. The Balaban J connectivity index is -0.00000000321. The van der Waals surface area contributed by atoms with E-state index >= 15 is 0 Å². The van der Waals surface area contributed by atoms with Gasteiger partial charge in [-0.05, 0) is 0 Å². The van der Waals surface area contributed by atoms with Crippen molar-refractivity contribution in [2.24, 2.45) is 0 Å². The van der Waals surface area contributed by atoms with Gasteiger partial charge in [-0.3, -0.25) is 0 Å². The molecule has 0 aliphatic rings. The molecule has 0 bridgehead atoms. The SMILES string of the molecule is C#N.C#N.C#N.C#N.C#N.C#N.[Cu].[Fe].[H-].[K+]. The van der Waals surface area contributed by atoms with Gasteiger partial charge in [0.05, 0.1) is 0 Å². The van der Waals surface area contributed by atoms with E-state index in [1.165, 1.54) is 0 Å². The van der Waals surface area contributed by atoms with E-state index in [9.17, 15) is 0 Å². The van der Waals surface area contributed by atoms with Gasteiger partial charge in [0.1, 0.15) is 0 Å². The van der Waals surface area contributed by atoms with Gasteiger partial charge >= 0.3 is 51.4 Å². The summed E-state index contributed by atoms with van der Waals surface area (Å²) in [5.41, 5.74) is 0. The molecule has 0 unspecified atom stereocenters. The van der Waals surface area contributed by atoms with Gasteiger partial charge in [-0.1, -0.05) is 0 Å². The van der Waals surface area contributed by atoms with Crippen LogP contribution in [0.2, 0.25) is 0 Å². The van der Waals surface area contributed by atoms with Crippen LogP contribution in [0.25, 0.3) is 0 Å². The molecule has 0 heterocycles. The van der Waals surface area contributed by atoms with Crippen LogP contribution in [-0.4, -0.2) is 0 Å². The zero-order valence-electron chi connectivity index (χ0n) is 8.80. The molecular formula is C6H7CuFeKN6. The zero-order chi connectivity index (χ0) is 12.0. The normalized spacial score (nSPS) is 0.800. The molecule has 0 N–H and O–H groups in total. The first kappa shape index (κ1) is 85.9. The van der Waals surface area contributed by atoms with Crippen LogP contribution in [0.4, 0.5) is 0 Å². The minimum absolute atomic E-state index is 0. The molecule has 0 rings (SSSR count). The fourth-order valence-electron chi connectivity index (χ4n) is 0. The second-order valence-corrected chi connectivity index (χ2v) is 0. The zero-order valence-corrected chi connectivity index (χ0v) is 13.0. The maximum atomic E-state index is 6.50. The van der Waals surface area contributed by atoms with Crippen LogP contribution in [0, 0.1) is 71.0 Å². The van der Waals surface area contributed by atoms with Crippen molar-refractivity contribution in [3.8, 4) is 39.4 Å². The smallest absolute Gasteiger partial charge is 1.00 e. The van der Waals surface area contributed by atoms with Gasteiger partial charge in [-0.15, -0.1) is 0 Å². The van der Waals surface area contributed by atoms with E-state index in [0.717, 1.165) is 0 Å². The molecule has 9 heteroatoms. The molecule has 0 amide bonds. The summed E-state index contributed by atoms with van der Waals surface area (Å²) in [7, 11) is 0. The molecule has 0 spiro atoms. The largest absolute Gasteiger partial charge is 1.00 e. The van der Waals surface area contributed by atoms with Crippen LogP contribution in [0.15, 0.2) is 0 Å². The number of hydrogen-bond donors (Lipinski definition) is 0. The van der Waals surface area contributed by atoms with E-state index in [2.05, 4.69) is 39.4 Å². The van der Waals surface area contributed by atoms with E-state index < -0.39 is 0 Å². The molecule has 1 radical (unpaired) electrons. The molecule has 0 saturated heterocycles. The molecule has 81 valence electrons. The average Bonchev–Trinajstić information content (AvgIpc) is 2.33. The molecule has 0 aromatic heterocycles. The first-order valence-electron chi connectivity index (χ1n) is 1.55. The predicted octanol–water partition coefficient (Wildman–Crippen LogP) is -2.05. The Morgan fingerprint density at radius 1 is 0.467 bits per heavy atom. The summed E-state index contributed by atoms with van der Waals surface area (Å²) in [6.45, 7) is 21.0. The third-order valence-electron chi connectivity index (χ3n) is 0. The van der Waals surface area contributed by atoms with E-state index in [1.54, 1.807) is 0 Å². The van der Waals surface area contributed by atoms with Gasteiger partial charge in [-0.25, -0.2) is 31.6 Å². The summed E-state index contributed by atoms with van der Waals surface area (Å²) >= 11 is 0. The Kier molecular flexibility index (Phi) is 83900.